The van der Waals surface area contributed by atoms with Gasteiger partial charge in [0, 0.05) is 24.7 Å². The van der Waals surface area contributed by atoms with Crippen molar-refractivity contribution in [1.82, 2.24) is 31.5 Å². The van der Waals surface area contributed by atoms with Crippen molar-refractivity contribution in [2.24, 2.45) is 5.92 Å². The molecular formula is C37H49N7O7. The van der Waals surface area contributed by atoms with Crippen LogP contribution >= 0.6 is 0 Å². The highest BCUT2D eigenvalue weighted by molar-refractivity contribution is 5.61. The third-order valence-electron chi connectivity index (χ3n) is 9.82. The van der Waals surface area contributed by atoms with E-state index in [0.29, 0.717) is 40.8 Å². The predicted octanol–water partition coefficient (Wildman–Crippen LogP) is 3.55. The molecule has 2 aromatic rings. The van der Waals surface area contributed by atoms with E-state index in [4.69, 9.17) is 28.8 Å². The van der Waals surface area contributed by atoms with Gasteiger partial charge in [-0.25, -0.2) is 4.79 Å². The Kier molecular flexibility index (Phi) is 12.3. The first-order valence-electron chi connectivity index (χ1n) is 17.7. The molecule has 7 rings (SSSR count). The molecule has 0 bridgehead atoms. The fourth-order valence-electron chi connectivity index (χ4n) is 7.13. The predicted molar refractivity (Wildman–Crippen MR) is 187 cm³/mol. The first-order valence-corrected chi connectivity index (χ1v) is 17.7. The summed E-state index contributed by atoms with van der Waals surface area (Å²) in [6.45, 7) is 2.26. The lowest BCUT2D eigenvalue weighted by Gasteiger charge is -2.42. The second kappa shape index (κ2) is 17.2. The molecule has 5 aliphatic rings. The fourth-order valence-corrected chi connectivity index (χ4v) is 7.13. The Morgan fingerprint density at radius 2 is 1.76 bits per heavy atom. The lowest BCUT2D eigenvalue weighted by atomic mass is 9.91. The maximum Gasteiger partial charge on any atom is 0.513 e. The number of nitrogens with one attached hydrogen (secondary N) is 4. The van der Waals surface area contributed by atoms with Crippen molar-refractivity contribution in [3.63, 3.8) is 0 Å². The molecule has 6 unspecified atom stereocenters. The number of aryl methyl sites for hydroxylation is 1. The van der Waals surface area contributed by atoms with Gasteiger partial charge in [0.1, 0.15) is 18.6 Å². The topological polar surface area (TPSA) is 162 Å². The van der Waals surface area contributed by atoms with E-state index in [1.807, 2.05) is 23.2 Å². The van der Waals surface area contributed by atoms with Crippen molar-refractivity contribution in [2.75, 3.05) is 34.0 Å². The minimum atomic E-state index is -0.708. The number of aliphatic hydroxyl groups excluding tert-OH is 1. The molecule has 2 aromatic carbocycles. The van der Waals surface area contributed by atoms with Gasteiger partial charge in [0.05, 0.1) is 57.9 Å². The molecule has 3 fully saturated rings. The average molecular weight is 704 g/mol. The maximum absolute atomic E-state index is 11.5. The van der Waals surface area contributed by atoms with E-state index >= 15 is 0 Å². The summed E-state index contributed by atoms with van der Waals surface area (Å²) in [5.41, 5.74) is 9.53. The van der Waals surface area contributed by atoms with Crippen LogP contribution in [0.2, 0.25) is 0 Å². The van der Waals surface area contributed by atoms with Crippen LogP contribution in [0.5, 0.6) is 11.5 Å². The minimum absolute atomic E-state index is 0.0177. The maximum atomic E-state index is 11.5. The van der Waals surface area contributed by atoms with Crippen LogP contribution in [0.1, 0.15) is 56.2 Å². The molecule has 14 nitrogen and oxygen atoms in total. The van der Waals surface area contributed by atoms with Gasteiger partial charge in [-0.3, -0.25) is 10.6 Å². The molecule has 0 aromatic heterocycles. The average Bonchev–Trinajstić information content (AvgIpc) is 3.82. The van der Waals surface area contributed by atoms with E-state index in [-0.39, 0.29) is 44.4 Å². The molecule has 0 radical (unpaired) electrons. The van der Waals surface area contributed by atoms with Gasteiger partial charge in [-0.15, -0.1) is 0 Å². The molecule has 51 heavy (non-hydrogen) atoms. The van der Waals surface area contributed by atoms with Gasteiger partial charge < -0.3 is 39.6 Å². The van der Waals surface area contributed by atoms with E-state index in [1.165, 1.54) is 18.4 Å². The molecule has 2 saturated heterocycles. The van der Waals surface area contributed by atoms with Crippen LogP contribution in [0.4, 0.5) is 4.79 Å². The Labute approximate surface area is 299 Å². The number of carbonyl (C=O) groups is 1. The minimum Gasteiger partial charge on any atom is -0.493 e. The summed E-state index contributed by atoms with van der Waals surface area (Å²) in [5.74, 6) is 2.55. The summed E-state index contributed by atoms with van der Waals surface area (Å²) in [6.07, 6.45) is 8.34. The lowest BCUT2D eigenvalue weighted by Crippen LogP contribution is -2.62. The summed E-state index contributed by atoms with van der Waals surface area (Å²) >= 11 is 0. The van der Waals surface area contributed by atoms with Gasteiger partial charge in [0.15, 0.2) is 17.3 Å². The van der Waals surface area contributed by atoms with Gasteiger partial charge in [0.2, 0.25) is 0 Å². The van der Waals surface area contributed by atoms with Crippen LogP contribution in [-0.2, 0) is 20.6 Å². The number of nitrogens with zero attached hydrogens (tertiary/aromatic N) is 3. The second-order valence-electron chi connectivity index (χ2n) is 13.1. The lowest BCUT2D eigenvalue weighted by molar-refractivity contribution is -0.132. The van der Waals surface area contributed by atoms with E-state index in [0.717, 1.165) is 31.2 Å². The largest absolute Gasteiger partial charge is 0.513 e. The monoisotopic (exact) mass is 703 g/mol. The molecule has 1 aliphatic carbocycles. The summed E-state index contributed by atoms with van der Waals surface area (Å²) in [5, 5.41) is 29.7. The number of hydrogen-bond donors (Lipinski definition) is 5. The summed E-state index contributed by atoms with van der Waals surface area (Å²) < 4.78 is 26.7. The smallest absolute Gasteiger partial charge is 0.493 e. The first kappa shape index (κ1) is 36.4. The van der Waals surface area contributed by atoms with Crippen molar-refractivity contribution in [3.05, 3.63) is 83.4 Å². The number of carbonyl (C=O) groups excluding carboxylic acids is 1. The molecule has 4 aliphatic heterocycles. The quantitative estimate of drug-likeness (QED) is 0.204. The third kappa shape index (κ3) is 8.75. The zero-order valence-electron chi connectivity index (χ0n) is 29.4. The Hall–Kier alpha value is -4.36. The van der Waals surface area contributed by atoms with Gasteiger partial charge in [-0.1, -0.05) is 36.4 Å². The van der Waals surface area contributed by atoms with Crippen LogP contribution in [0.25, 0.3) is 0 Å². The van der Waals surface area contributed by atoms with Crippen molar-refractivity contribution in [2.45, 2.75) is 82.1 Å². The molecule has 4 heterocycles. The number of hydrogen-bond acceptors (Lipinski definition) is 14. The highest BCUT2D eigenvalue weighted by Gasteiger charge is 2.46. The number of fused-ring (bicyclic) bond motifs is 2. The van der Waals surface area contributed by atoms with Crippen molar-refractivity contribution >= 4 is 6.16 Å². The SMILES string of the molecule is CCOC(=O)OC1=CNN2C(OCCO)CC(C3CC3)NC12.COc1ccc(C2CC(CCc3ccccc3)NC3C(C#N)=CNN32)cc1OC. The van der Waals surface area contributed by atoms with Crippen molar-refractivity contribution in [3.8, 4) is 17.6 Å². The van der Waals surface area contributed by atoms with Crippen LogP contribution in [0.15, 0.2) is 72.3 Å². The van der Waals surface area contributed by atoms with Crippen LogP contribution < -0.4 is 31.0 Å². The molecule has 274 valence electrons. The Morgan fingerprint density at radius 3 is 2.47 bits per heavy atom. The molecule has 1 saturated carbocycles. The Bertz CT molecular complexity index is 1580. The number of methoxy groups -OCH3 is 2. The highest BCUT2D eigenvalue weighted by Crippen LogP contribution is 2.40. The van der Waals surface area contributed by atoms with Crippen molar-refractivity contribution < 1.29 is 33.6 Å². The molecule has 5 N–H and O–H groups in total. The summed E-state index contributed by atoms with van der Waals surface area (Å²) in [6, 6.07) is 19.6. The van der Waals surface area contributed by atoms with Gasteiger partial charge in [0.25, 0.3) is 0 Å². The van der Waals surface area contributed by atoms with Gasteiger partial charge in [-0.2, -0.15) is 15.3 Å². The number of aliphatic hydroxyl groups is 1. The number of rotatable bonds is 12. The number of benzene rings is 2. The molecule has 0 spiro atoms. The van der Waals surface area contributed by atoms with Crippen LogP contribution in [0.3, 0.4) is 0 Å². The number of nitriles is 1. The molecule has 14 heteroatoms. The van der Waals surface area contributed by atoms with Crippen LogP contribution in [0, 0.1) is 17.2 Å². The first-order chi connectivity index (χ1) is 25.0. The third-order valence-corrected chi connectivity index (χ3v) is 9.82. The summed E-state index contributed by atoms with van der Waals surface area (Å²) in [4.78, 5) is 11.5. The number of hydrazine groups is 2. The molecular weight excluding hydrogens is 654 g/mol. The van der Waals surface area contributed by atoms with Crippen LogP contribution in [-0.4, -0.2) is 86.0 Å². The van der Waals surface area contributed by atoms with E-state index in [2.05, 4.69) is 62.9 Å². The Balaban J connectivity index is 0.000000183. The number of ether oxygens (including phenoxy) is 5. The zero-order chi connectivity index (χ0) is 35.7. The summed E-state index contributed by atoms with van der Waals surface area (Å²) in [7, 11) is 3.29. The van der Waals surface area contributed by atoms with E-state index in [9.17, 15) is 10.1 Å². The van der Waals surface area contributed by atoms with Gasteiger partial charge in [-0.05, 0) is 68.2 Å². The Morgan fingerprint density at radius 1 is 0.980 bits per heavy atom. The standard InChI is InChI=1S/C23H26N4O2.C14H23N3O5/c1-28-21-11-9-17(12-22(21)29-2)20-13-19(10-8-16-6-4-3-5-7-16)26-23-18(14-24)15-25-27(20)23;1-2-20-14(19)22-11-8-15-17-12(21-6-5-18)7-10(9-3-4-9)16-13(11)17/h3-7,9,11-12,15,19-20,23,25-26H,8,10,13H2,1-2H3;8-10,12-13,15-16,18H,2-7H2,1H3. The molecule has 6 atom stereocenters. The van der Waals surface area contributed by atoms with E-state index < -0.39 is 6.16 Å². The second-order valence-corrected chi connectivity index (χ2v) is 13.1. The molecule has 0 amide bonds. The van der Waals surface area contributed by atoms with Crippen molar-refractivity contribution in [1.29, 1.82) is 5.26 Å². The normalized spacial score (nSPS) is 26.8. The fraction of sp³-hybridized carbons (Fsp3) is 0.514. The van der Waals surface area contributed by atoms with Gasteiger partial charge >= 0.3 is 6.16 Å². The highest BCUT2D eigenvalue weighted by atomic mass is 16.7. The van der Waals surface area contributed by atoms with E-state index in [1.54, 1.807) is 33.5 Å². The zero-order valence-corrected chi connectivity index (χ0v) is 29.4.